The molecule has 0 aromatic heterocycles. The van der Waals surface area contributed by atoms with E-state index in [4.69, 9.17) is 14.2 Å². The number of rotatable bonds is 16. The molecule has 4 nitrogen and oxygen atoms in total. The summed E-state index contributed by atoms with van der Waals surface area (Å²) in [5.41, 5.74) is 0. The predicted molar refractivity (Wildman–Crippen MR) is 102 cm³/mol. The van der Waals surface area contributed by atoms with Crippen LogP contribution in [0.3, 0.4) is 0 Å². The molecule has 0 N–H and O–H groups in total. The first-order chi connectivity index (χ1) is 12.2. The van der Waals surface area contributed by atoms with Gasteiger partial charge < -0.3 is 14.2 Å². The molecular weight excluding hydrogens is 316 g/mol. The number of ether oxygens (including phenoxy) is 3. The standard InChI is InChI=1S/C21H40O4/c1-3-4-5-6-7-8-9-10-11-12-13-14-15-16-17-23-21(2)24-18-20(22)19-25-21/h3-19H2,1-2H3. The minimum Gasteiger partial charge on any atom is -0.328 e. The first-order valence-corrected chi connectivity index (χ1v) is 10.6. The van der Waals surface area contributed by atoms with Crippen molar-refractivity contribution < 1.29 is 19.0 Å². The average Bonchev–Trinajstić information content (AvgIpc) is 2.61. The van der Waals surface area contributed by atoms with Crippen LogP contribution in [0.1, 0.15) is 104 Å². The fourth-order valence-corrected chi connectivity index (χ4v) is 3.14. The lowest BCUT2D eigenvalue weighted by Crippen LogP contribution is -2.44. The van der Waals surface area contributed by atoms with Crippen LogP contribution in [0.2, 0.25) is 0 Å². The zero-order valence-corrected chi connectivity index (χ0v) is 16.7. The number of unbranched alkanes of at least 4 members (excludes halogenated alkanes) is 13. The summed E-state index contributed by atoms with van der Waals surface area (Å²) in [6.07, 6.45) is 18.9. The zero-order valence-electron chi connectivity index (χ0n) is 16.7. The van der Waals surface area contributed by atoms with Gasteiger partial charge in [0.2, 0.25) is 0 Å². The molecule has 0 aromatic carbocycles. The van der Waals surface area contributed by atoms with E-state index in [2.05, 4.69) is 6.92 Å². The van der Waals surface area contributed by atoms with E-state index in [0.717, 1.165) is 6.42 Å². The van der Waals surface area contributed by atoms with Crippen LogP contribution in [0.15, 0.2) is 0 Å². The van der Waals surface area contributed by atoms with E-state index >= 15 is 0 Å². The van der Waals surface area contributed by atoms with Gasteiger partial charge in [0.25, 0.3) is 5.97 Å². The van der Waals surface area contributed by atoms with Crippen LogP contribution in [-0.4, -0.2) is 31.6 Å². The van der Waals surface area contributed by atoms with Crippen LogP contribution in [0.5, 0.6) is 0 Å². The SMILES string of the molecule is CCCCCCCCCCCCCCCCOC1(C)OCC(=O)CO1. The van der Waals surface area contributed by atoms with Gasteiger partial charge in [-0.1, -0.05) is 90.4 Å². The Morgan fingerprint density at radius 3 is 1.60 bits per heavy atom. The second-order valence-corrected chi connectivity index (χ2v) is 7.42. The molecule has 0 atom stereocenters. The van der Waals surface area contributed by atoms with Crippen molar-refractivity contribution in [1.29, 1.82) is 0 Å². The van der Waals surface area contributed by atoms with Gasteiger partial charge in [0.15, 0.2) is 5.78 Å². The minimum absolute atomic E-state index is 0.0300. The highest BCUT2D eigenvalue weighted by Gasteiger charge is 2.33. The van der Waals surface area contributed by atoms with Gasteiger partial charge in [-0.2, -0.15) is 0 Å². The van der Waals surface area contributed by atoms with Gasteiger partial charge in [-0.05, 0) is 6.42 Å². The van der Waals surface area contributed by atoms with Crippen molar-refractivity contribution in [2.75, 3.05) is 19.8 Å². The lowest BCUT2D eigenvalue weighted by molar-refractivity contribution is -0.376. The highest BCUT2D eigenvalue weighted by molar-refractivity contribution is 5.81. The van der Waals surface area contributed by atoms with Crippen molar-refractivity contribution in [3.63, 3.8) is 0 Å². The number of ketones is 1. The fraction of sp³-hybridized carbons (Fsp3) is 0.952. The summed E-state index contributed by atoms with van der Waals surface area (Å²) < 4.78 is 16.2. The molecule has 0 bridgehead atoms. The maximum Gasteiger partial charge on any atom is 0.280 e. The molecule has 1 rings (SSSR count). The summed E-state index contributed by atoms with van der Waals surface area (Å²) in [5, 5.41) is 0. The third-order valence-electron chi connectivity index (χ3n) is 4.85. The lowest BCUT2D eigenvalue weighted by atomic mass is 10.0. The first-order valence-electron chi connectivity index (χ1n) is 10.6. The molecule has 1 aliphatic rings. The number of Topliss-reactive ketones (excluding diaryl/α,β-unsaturated/α-hetero) is 1. The number of hydrogen-bond acceptors (Lipinski definition) is 4. The van der Waals surface area contributed by atoms with E-state index in [9.17, 15) is 4.79 Å². The quantitative estimate of drug-likeness (QED) is 0.329. The smallest absolute Gasteiger partial charge is 0.280 e. The van der Waals surface area contributed by atoms with Gasteiger partial charge >= 0.3 is 0 Å². The van der Waals surface area contributed by atoms with Crippen molar-refractivity contribution in [3.8, 4) is 0 Å². The minimum atomic E-state index is -1.02. The van der Waals surface area contributed by atoms with Gasteiger partial charge in [-0.15, -0.1) is 0 Å². The topological polar surface area (TPSA) is 44.8 Å². The molecule has 0 aliphatic carbocycles. The summed E-state index contributed by atoms with van der Waals surface area (Å²) in [5.74, 6) is -1.05. The van der Waals surface area contributed by atoms with Gasteiger partial charge in [0.1, 0.15) is 13.2 Å². The predicted octanol–water partition coefficient (Wildman–Crippen LogP) is 5.77. The zero-order chi connectivity index (χ0) is 18.2. The Labute approximate surface area is 155 Å². The molecule has 1 aliphatic heterocycles. The van der Waals surface area contributed by atoms with Gasteiger partial charge in [-0.25, -0.2) is 0 Å². The Balaban J connectivity index is 1.77. The molecule has 25 heavy (non-hydrogen) atoms. The van der Waals surface area contributed by atoms with Gasteiger partial charge in [-0.3, -0.25) is 4.79 Å². The molecule has 1 saturated heterocycles. The van der Waals surface area contributed by atoms with Crippen molar-refractivity contribution in [2.45, 2.75) is 110 Å². The molecule has 0 spiro atoms. The largest absolute Gasteiger partial charge is 0.328 e. The van der Waals surface area contributed by atoms with E-state index in [1.807, 2.05) is 0 Å². The maximum atomic E-state index is 11.1. The second kappa shape index (κ2) is 14.7. The molecule has 1 heterocycles. The highest BCUT2D eigenvalue weighted by atomic mass is 16.9. The molecule has 0 aromatic rings. The van der Waals surface area contributed by atoms with Crippen molar-refractivity contribution in [2.24, 2.45) is 0 Å². The Kier molecular flexibility index (Phi) is 13.3. The summed E-state index contributed by atoms with van der Waals surface area (Å²) in [6, 6.07) is 0. The molecule has 4 heteroatoms. The summed E-state index contributed by atoms with van der Waals surface area (Å²) >= 11 is 0. The number of carbonyl (C=O) groups is 1. The molecule has 0 amide bonds. The van der Waals surface area contributed by atoms with Crippen LogP contribution in [0.4, 0.5) is 0 Å². The van der Waals surface area contributed by atoms with Crippen LogP contribution < -0.4 is 0 Å². The Morgan fingerprint density at radius 2 is 1.16 bits per heavy atom. The summed E-state index contributed by atoms with van der Waals surface area (Å²) in [6.45, 7) is 4.83. The third kappa shape index (κ3) is 12.5. The van der Waals surface area contributed by atoms with E-state index < -0.39 is 5.97 Å². The Morgan fingerprint density at radius 1 is 0.760 bits per heavy atom. The Bertz CT molecular complexity index is 320. The van der Waals surface area contributed by atoms with Crippen LogP contribution in [0, 0.1) is 0 Å². The lowest BCUT2D eigenvalue weighted by Gasteiger charge is -2.32. The Hall–Kier alpha value is -0.450. The molecule has 1 fully saturated rings. The normalized spacial score (nSPS) is 17.1. The number of carbonyl (C=O) groups excluding carboxylic acids is 1. The van der Waals surface area contributed by atoms with Crippen molar-refractivity contribution in [1.82, 2.24) is 0 Å². The van der Waals surface area contributed by atoms with E-state index in [1.165, 1.54) is 83.5 Å². The maximum absolute atomic E-state index is 11.1. The highest BCUT2D eigenvalue weighted by Crippen LogP contribution is 2.19. The molecule has 0 unspecified atom stereocenters. The van der Waals surface area contributed by atoms with E-state index in [-0.39, 0.29) is 19.0 Å². The summed E-state index contributed by atoms with van der Waals surface area (Å²) in [7, 11) is 0. The van der Waals surface area contributed by atoms with Crippen LogP contribution in [0.25, 0.3) is 0 Å². The van der Waals surface area contributed by atoms with E-state index in [0.29, 0.717) is 6.61 Å². The van der Waals surface area contributed by atoms with Gasteiger partial charge in [0, 0.05) is 6.92 Å². The fourth-order valence-electron chi connectivity index (χ4n) is 3.14. The summed E-state index contributed by atoms with van der Waals surface area (Å²) in [4.78, 5) is 11.1. The van der Waals surface area contributed by atoms with Crippen LogP contribution >= 0.6 is 0 Å². The van der Waals surface area contributed by atoms with Crippen molar-refractivity contribution >= 4 is 5.78 Å². The van der Waals surface area contributed by atoms with Gasteiger partial charge in [0.05, 0.1) is 6.61 Å². The molecule has 0 radical (unpaired) electrons. The number of hydrogen-bond donors (Lipinski definition) is 0. The second-order valence-electron chi connectivity index (χ2n) is 7.42. The average molecular weight is 357 g/mol. The monoisotopic (exact) mass is 356 g/mol. The molecule has 0 saturated carbocycles. The molecule has 148 valence electrons. The van der Waals surface area contributed by atoms with Crippen LogP contribution in [-0.2, 0) is 19.0 Å². The molecular formula is C21H40O4. The first kappa shape index (κ1) is 22.6. The van der Waals surface area contributed by atoms with E-state index in [1.54, 1.807) is 6.92 Å². The third-order valence-corrected chi connectivity index (χ3v) is 4.85. The van der Waals surface area contributed by atoms with Crippen molar-refractivity contribution in [3.05, 3.63) is 0 Å².